The summed E-state index contributed by atoms with van der Waals surface area (Å²) in [4.78, 5) is 17.5. The zero-order valence-corrected chi connectivity index (χ0v) is 24.1. The van der Waals surface area contributed by atoms with Crippen molar-refractivity contribution in [1.29, 1.82) is 0 Å². The second-order valence-corrected chi connectivity index (χ2v) is 11.2. The first-order chi connectivity index (χ1) is 20.6. The van der Waals surface area contributed by atoms with Gasteiger partial charge >= 0.3 is 6.01 Å². The molecule has 0 saturated carbocycles. The highest BCUT2D eigenvalue weighted by Crippen LogP contribution is 2.39. The minimum atomic E-state index is -1.27. The normalized spacial score (nSPS) is 20.6. The molecule has 0 aliphatic carbocycles. The molecule has 2 aromatic carbocycles. The van der Waals surface area contributed by atoms with E-state index in [2.05, 4.69) is 31.7 Å². The summed E-state index contributed by atoms with van der Waals surface area (Å²) >= 11 is 0. The molecule has 1 unspecified atom stereocenters. The number of halogens is 2. The van der Waals surface area contributed by atoms with Crippen LogP contribution in [0.3, 0.4) is 0 Å². The molecular formula is C32H31F2N5O4. The van der Waals surface area contributed by atoms with Gasteiger partial charge in [-0.1, -0.05) is 18.1 Å². The molecule has 0 amide bonds. The van der Waals surface area contributed by atoms with Gasteiger partial charge in [-0.2, -0.15) is 9.97 Å². The standard InChI is InChI=1S/C32H31F2N5O4/c1-4-7-24-26-29(27(34)28(35-24)22-15-21(40)14-19-8-5-10-23(33)25(19)22)36-31(43-16-20-9-6-11-38(20)3)37-30(26)39-12-13-42-18-32(2,41)17-39/h5,8,10,12-15,20,40-41H,6,9,11,16-18H2,1-3H3/t20-,32?/m0/s1. The van der Waals surface area contributed by atoms with Crippen LogP contribution < -0.4 is 9.64 Å². The van der Waals surface area contributed by atoms with Crippen LogP contribution in [0.2, 0.25) is 0 Å². The van der Waals surface area contributed by atoms with Crippen molar-refractivity contribution in [3.8, 4) is 34.9 Å². The predicted molar refractivity (Wildman–Crippen MR) is 159 cm³/mol. The number of aromatic hydroxyl groups is 1. The molecule has 4 aromatic rings. The molecule has 1 fully saturated rings. The molecule has 6 rings (SSSR count). The Labute approximate surface area is 247 Å². The van der Waals surface area contributed by atoms with Gasteiger partial charge in [0.1, 0.15) is 47.3 Å². The number of ether oxygens (including phenoxy) is 2. The molecule has 9 nitrogen and oxygen atoms in total. The summed E-state index contributed by atoms with van der Waals surface area (Å²) in [5.41, 5.74) is -1.46. The molecule has 222 valence electrons. The van der Waals surface area contributed by atoms with E-state index in [0.29, 0.717) is 12.0 Å². The molecule has 1 saturated heterocycles. The van der Waals surface area contributed by atoms with Crippen LogP contribution in [0.25, 0.3) is 32.9 Å². The number of phenolic OH excluding ortho intramolecular Hbond substituents is 1. The van der Waals surface area contributed by atoms with Crippen molar-refractivity contribution in [2.45, 2.75) is 38.3 Å². The predicted octanol–water partition coefficient (Wildman–Crippen LogP) is 4.73. The number of likely N-dealkylation sites (N-methyl/N-ethyl adjacent to an activating group) is 1. The van der Waals surface area contributed by atoms with E-state index >= 15 is 8.78 Å². The summed E-state index contributed by atoms with van der Waals surface area (Å²) in [5.74, 6) is 4.32. The van der Waals surface area contributed by atoms with Gasteiger partial charge in [-0.3, -0.25) is 0 Å². The third-order valence-corrected chi connectivity index (χ3v) is 7.75. The fourth-order valence-corrected chi connectivity index (χ4v) is 5.66. The maximum atomic E-state index is 16.7. The molecule has 2 N–H and O–H groups in total. The zero-order valence-electron chi connectivity index (χ0n) is 24.1. The van der Waals surface area contributed by atoms with Gasteiger partial charge < -0.3 is 29.5 Å². The molecule has 0 radical (unpaired) electrons. The lowest BCUT2D eigenvalue weighted by Gasteiger charge is -2.28. The number of rotatable bonds is 5. The van der Waals surface area contributed by atoms with Crippen LogP contribution in [0.1, 0.15) is 32.4 Å². The topological polar surface area (TPSA) is 104 Å². The first-order valence-corrected chi connectivity index (χ1v) is 14.0. The quantitative estimate of drug-likeness (QED) is 0.321. The van der Waals surface area contributed by atoms with Crippen molar-refractivity contribution < 1.29 is 28.5 Å². The molecule has 2 atom stereocenters. The first kappa shape index (κ1) is 28.6. The van der Waals surface area contributed by atoms with Gasteiger partial charge in [0, 0.05) is 23.2 Å². The Morgan fingerprint density at radius 3 is 2.79 bits per heavy atom. The highest BCUT2D eigenvalue weighted by atomic mass is 19.1. The molecule has 0 spiro atoms. The van der Waals surface area contributed by atoms with Crippen LogP contribution in [0.15, 0.2) is 42.8 Å². The number of hydrogen-bond donors (Lipinski definition) is 2. The lowest BCUT2D eigenvalue weighted by atomic mass is 9.99. The summed E-state index contributed by atoms with van der Waals surface area (Å²) in [6, 6.07) is 7.15. The number of fused-ring (bicyclic) bond motifs is 2. The first-order valence-electron chi connectivity index (χ1n) is 14.0. The van der Waals surface area contributed by atoms with Crippen molar-refractivity contribution in [3.63, 3.8) is 0 Å². The van der Waals surface area contributed by atoms with Crippen LogP contribution in [0, 0.1) is 23.5 Å². The molecule has 2 aromatic heterocycles. The third kappa shape index (κ3) is 5.51. The highest BCUT2D eigenvalue weighted by molar-refractivity contribution is 6.02. The summed E-state index contributed by atoms with van der Waals surface area (Å²) in [6.45, 7) is 4.57. The minimum absolute atomic E-state index is 0.0366. The van der Waals surface area contributed by atoms with Crippen LogP contribution in [-0.2, 0) is 4.74 Å². The van der Waals surface area contributed by atoms with Gasteiger partial charge in [-0.15, -0.1) is 0 Å². The van der Waals surface area contributed by atoms with E-state index < -0.39 is 17.2 Å². The van der Waals surface area contributed by atoms with Crippen LogP contribution in [-0.4, -0.2) is 75.1 Å². The van der Waals surface area contributed by atoms with Gasteiger partial charge in [0.25, 0.3) is 0 Å². The van der Waals surface area contributed by atoms with Gasteiger partial charge in [-0.25, -0.2) is 13.8 Å². The molecule has 4 heterocycles. The third-order valence-electron chi connectivity index (χ3n) is 7.75. The summed E-state index contributed by atoms with van der Waals surface area (Å²) in [6.07, 6.45) is 5.00. The minimum Gasteiger partial charge on any atom is -0.508 e. The fourth-order valence-electron chi connectivity index (χ4n) is 5.66. The van der Waals surface area contributed by atoms with Crippen LogP contribution >= 0.6 is 0 Å². The van der Waals surface area contributed by atoms with Crippen LogP contribution in [0.4, 0.5) is 14.6 Å². The Hall–Kier alpha value is -4.53. The Bertz CT molecular complexity index is 1820. The number of aromatic nitrogens is 3. The number of nitrogens with zero attached hydrogens (tertiary/aromatic N) is 5. The number of aliphatic hydroxyl groups is 1. The van der Waals surface area contributed by atoms with Gasteiger partial charge in [-0.05, 0) is 69.8 Å². The number of pyridine rings is 1. The molecule has 2 aliphatic rings. The lowest BCUT2D eigenvalue weighted by Crippen LogP contribution is -2.41. The smallest absolute Gasteiger partial charge is 0.319 e. The van der Waals surface area contributed by atoms with Crippen molar-refractivity contribution in [1.82, 2.24) is 19.9 Å². The van der Waals surface area contributed by atoms with E-state index in [1.165, 1.54) is 30.5 Å². The number of phenols is 1. The number of likely N-dealkylation sites (tertiary alicyclic amines) is 1. The average Bonchev–Trinajstić information content (AvgIpc) is 3.29. The van der Waals surface area contributed by atoms with E-state index in [-0.39, 0.29) is 70.0 Å². The van der Waals surface area contributed by atoms with Gasteiger partial charge in [0.2, 0.25) is 0 Å². The van der Waals surface area contributed by atoms with Gasteiger partial charge in [0.05, 0.1) is 18.2 Å². The number of β-amino-alcohol motifs (C(OH)–C–C–N with tert-alkyl or cyclic N) is 1. The van der Waals surface area contributed by atoms with E-state index in [4.69, 9.17) is 9.47 Å². The Morgan fingerprint density at radius 1 is 1.19 bits per heavy atom. The van der Waals surface area contributed by atoms with E-state index in [9.17, 15) is 10.2 Å². The summed E-state index contributed by atoms with van der Waals surface area (Å²) in [5, 5.41) is 22.0. The molecule has 11 heteroatoms. The Kier molecular flexibility index (Phi) is 7.50. The molecule has 43 heavy (non-hydrogen) atoms. The number of hydrogen-bond acceptors (Lipinski definition) is 9. The maximum absolute atomic E-state index is 16.7. The number of anilines is 1. The summed E-state index contributed by atoms with van der Waals surface area (Å²) in [7, 11) is 2.02. The Balaban J connectivity index is 1.62. The SMILES string of the molecule is CC#Cc1nc(-c2cc(O)cc3cccc(F)c23)c(F)c2nc(OC[C@@H]3CCCN3C)nc(N3C=COCC(C)(O)C3)c12. The average molecular weight is 588 g/mol. The van der Waals surface area contributed by atoms with Crippen molar-refractivity contribution >= 4 is 27.5 Å². The highest BCUT2D eigenvalue weighted by Gasteiger charge is 2.31. The fraction of sp³-hybridized carbons (Fsp3) is 0.344. The van der Waals surface area contributed by atoms with Crippen molar-refractivity contribution in [2.75, 3.05) is 38.3 Å². The molecular weight excluding hydrogens is 556 g/mol. The van der Waals surface area contributed by atoms with Crippen LogP contribution in [0.5, 0.6) is 11.8 Å². The molecule has 0 bridgehead atoms. The lowest BCUT2D eigenvalue weighted by molar-refractivity contribution is 0.00798. The number of benzene rings is 2. The van der Waals surface area contributed by atoms with Gasteiger partial charge in [0.15, 0.2) is 11.6 Å². The van der Waals surface area contributed by atoms with E-state index in [1.54, 1.807) is 31.0 Å². The second-order valence-electron chi connectivity index (χ2n) is 11.2. The Morgan fingerprint density at radius 2 is 2.02 bits per heavy atom. The largest absolute Gasteiger partial charge is 0.508 e. The van der Waals surface area contributed by atoms with E-state index in [0.717, 1.165) is 19.4 Å². The second kappa shape index (κ2) is 11.3. The summed E-state index contributed by atoms with van der Waals surface area (Å²) < 4.78 is 43.4. The van der Waals surface area contributed by atoms with E-state index in [1.807, 2.05) is 7.05 Å². The maximum Gasteiger partial charge on any atom is 0.319 e. The van der Waals surface area contributed by atoms with Crippen molar-refractivity contribution in [2.24, 2.45) is 0 Å². The zero-order chi connectivity index (χ0) is 30.3. The van der Waals surface area contributed by atoms with Crippen molar-refractivity contribution in [3.05, 3.63) is 60.1 Å². The monoisotopic (exact) mass is 587 g/mol. The molecule has 2 aliphatic heterocycles.